The largest absolute Gasteiger partial charge is 0.473 e. The summed E-state index contributed by atoms with van der Waals surface area (Å²) in [7, 11) is 0. The fourth-order valence-electron chi connectivity index (χ4n) is 0.449. The van der Waals surface area contributed by atoms with Gasteiger partial charge in [0.2, 0.25) is 0 Å². The van der Waals surface area contributed by atoms with Crippen molar-refractivity contribution in [3.63, 3.8) is 0 Å². The van der Waals surface area contributed by atoms with Gasteiger partial charge in [0, 0.05) is 0 Å². The van der Waals surface area contributed by atoms with Gasteiger partial charge in [0.1, 0.15) is 6.61 Å². The summed E-state index contributed by atoms with van der Waals surface area (Å²) in [6.45, 7) is 0.110. The standard InChI is InChI=1S/C4H5NO2/c5-4-1-3(6)2-7-4/h5H,1-2H2. The summed E-state index contributed by atoms with van der Waals surface area (Å²) in [5.74, 6) is 0.106. The van der Waals surface area contributed by atoms with Crippen molar-refractivity contribution < 1.29 is 9.53 Å². The molecule has 0 aromatic carbocycles. The minimum absolute atomic E-state index is 0.00463. The van der Waals surface area contributed by atoms with Crippen molar-refractivity contribution in [1.82, 2.24) is 0 Å². The van der Waals surface area contributed by atoms with Crippen molar-refractivity contribution in [3.05, 3.63) is 0 Å². The maximum Gasteiger partial charge on any atom is 0.188 e. The number of carbonyl (C=O) groups excluding carboxylic acids is 1. The second-order valence-corrected chi connectivity index (χ2v) is 1.43. The van der Waals surface area contributed by atoms with Gasteiger partial charge >= 0.3 is 0 Å². The minimum atomic E-state index is 0.00463. The Kier molecular flexibility index (Phi) is 0.817. The zero-order valence-corrected chi connectivity index (χ0v) is 3.73. The molecule has 1 aliphatic heterocycles. The van der Waals surface area contributed by atoms with Crippen LogP contribution in [0.5, 0.6) is 0 Å². The molecule has 1 heterocycles. The summed E-state index contributed by atoms with van der Waals surface area (Å²) in [5.41, 5.74) is 0. The SMILES string of the molecule is N=C1CC(=O)CO1. The van der Waals surface area contributed by atoms with Crippen molar-refractivity contribution in [2.75, 3.05) is 6.61 Å². The van der Waals surface area contributed by atoms with Crippen LogP contribution < -0.4 is 0 Å². The first kappa shape index (κ1) is 4.30. The second kappa shape index (κ2) is 1.33. The lowest BCUT2D eigenvalue weighted by Gasteiger charge is -1.83. The molecular weight excluding hydrogens is 94.0 g/mol. The lowest BCUT2D eigenvalue weighted by Crippen LogP contribution is -1.91. The number of nitrogens with one attached hydrogen (secondary N) is 1. The van der Waals surface area contributed by atoms with E-state index in [0.29, 0.717) is 0 Å². The molecule has 7 heavy (non-hydrogen) atoms. The van der Waals surface area contributed by atoms with Gasteiger partial charge in [-0.1, -0.05) is 0 Å². The molecule has 0 aromatic rings. The van der Waals surface area contributed by atoms with Crippen LogP contribution in [0.2, 0.25) is 0 Å². The summed E-state index contributed by atoms with van der Waals surface area (Å²) in [6.07, 6.45) is 0.194. The lowest BCUT2D eigenvalue weighted by atomic mass is 10.3. The van der Waals surface area contributed by atoms with E-state index in [-0.39, 0.29) is 24.7 Å². The molecule has 1 rings (SSSR count). The predicted octanol–water partition coefficient (Wildman–Crippen LogP) is -0.0469. The highest BCUT2D eigenvalue weighted by molar-refractivity contribution is 6.02. The first-order chi connectivity index (χ1) is 3.29. The van der Waals surface area contributed by atoms with Crippen LogP contribution in [0.3, 0.4) is 0 Å². The van der Waals surface area contributed by atoms with Crippen LogP contribution in [0.15, 0.2) is 0 Å². The Morgan fingerprint density at radius 2 is 2.43 bits per heavy atom. The zero-order chi connectivity index (χ0) is 5.28. The highest BCUT2D eigenvalue weighted by Gasteiger charge is 2.15. The molecule has 1 fully saturated rings. The molecule has 0 radical (unpaired) electrons. The van der Waals surface area contributed by atoms with E-state index in [1.165, 1.54) is 0 Å². The van der Waals surface area contributed by atoms with Crippen molar-refractivity contribution in [2.45, 2.75) is 6.42 Å². The molecule has 0 saturated carbocycles. The van der Waals surface area contributed by atoms with Gasteiger partial charge < -0.3 is 4.74 Å². The Morgan fingerprint density at radius 3 is 2.57 bits per heavy atom. The number of Topliss-reactive ketones (excluding diaryl/α,β-unsaturated/α-hetero) is 1. The second-order valence-electron chi connectivity index (χ2n) is 1.43. The van der Waals surface area contributed by atoms with Crippen LogP contribution in [0, 0.1) is 5.41 Å². The Morgan fingerprint density at radius 1 is 1.71 bits per heavy atom. The third-order valence-corrected chi connectivity index (χ3v) is 0.765. The Hall–Kier alpha value is -0.860. The third-order valence-electron chi connectivity index (χ3n) is 0.765. The fourth-order valence-corrected chi connectivity index (χ4v) is 0.449. The number of ether oxygens (including phenoxy) is 1. The molecular formula is C4H5NO2. The first-order valence-electron chi connectivity index (χ1n) is 2.01. The molecule has 0 bridgehead atoms. The van der Waals surface area contributed by atoms with Crippen molar-refractivity contribution in [1.29, 1.82) is 5.41 Å². The van der Waals surface area contributed by atoms with E-state index in [4.69, 9.17) is 5.41 Å². The van der Waals surface area contributed by atoms with Crippen LogP contribution in [0.4, 0.5) is 0 Å². The first-order valence-corrected chi connectivity index (χ1v) is 2.01. The third kappa shape index (κ3) is 0.765. The monoisotopic (exact) mass is 99.0 g/mol. The van der Waals surface area contributed by atoms with Crippen molar-refractivity contribution >= 4 is 11.7 Å². The van der Waals surface area contributed by atoms with E-state index in [2.05, 4.69) is 4.74 Å². The van der Waals surface area contributed by atoms with E-state index in [9.17, 15) is 4.79 Å². The van der Waals surface area contributed by atoms with Gasteiger partial charge in [0.05, 0.1) is 6.42 Å². The average Bonchev–Trinajstić information content (AvgIpc) is 1.87. The molecule has 38 valence electrons. The van der Waals surface area contributed by atoms with Gasteiger partial charge in [0.15, 0.2) is 11.7 Å². The molecule has 3 heteroatoms. The summed E-state index contributed by atoms with van der Waals surface area (Å²) in [4.78, 5) is 10.2. The molecule has 3 nitrogen and oxygen atoms in total. The smallest absolute Gasteiger partial charge is 0.188 e. The Balaban J connectivity index is 2.55. The normalized spacial score (nSPS) is 20.0. The van der Waals surface area contributed by atoms with E-state index < -0.39 is 0 Å². The van der Waals surface area contributed by atoms with Crippen LogP contribution in [0.25, 0.3) is 0 Å². The Bertz CT molecular complexity index is 105. The number of hydrogen-bond donors (Lipinski definition) is 1. The number of hydrogen-bond acceptors (Lipinski definition) is 3. The zero-order valence-electron chi connectivity index (χ0n) is 3.73. The van der Waals surface area contributed by atoms with Gasteiger partial charge in [-0.25, -0.2) is 0 Å². The lowest BCUT2D eigenvalue weighted by molar-refractivity contribution is -0.117. The summed E-state index contributed by atoms with van der Waals surface area (Å²) < 4.78 is 4.50. The fraction of sp³-hybridized carbons (Fsp3) is 0.500. The molecule has 0 amide bonds. The van der Waals surface area contributed by atoms with Gasteiger partial charge in [-0.05, 0) is 0 Å². The highest BCUT2D eigenvalue weighted by Crippen LogP contribution is 1.97. The van der Waals surface area contributed by atoms with Crippen LogP contribution in [-0.2, 0) is 9.53 Å². The summed E-state index contributed by atoms with van der Waals surface area (Å²) in [5, 5.41) is 6.74. The molecule has 0 aliphatic carbocycles. The maximum atomic E-state index is 10.2. The maximum absolute atomic E-state index is 10.2. The Labute approximate surface area is 40.8 Å². The number of carbonyl (C=O) groups is 1. The molecule has 0 unspecified atom stereocenters. The van der Waals surface area contributed by atoms with E-state index in [0.717, 1.165) is 0 Å². The van der Waals surface area contributed by atoms with E-state index in [1.807, 2.05) is 0 Å². The minimum Gasteiger partial charge on any atom is -0.473 e. The van der Waals surface area contributed by atoms with Gasteiger partial charge in [-0.3, -0.25) is 10.2 Å². The van der Waals surface area contributed by atoms with Gasteiger partial charge in [0.25, 0.3) is 0 Å². The molecule has 1 aliphatic rings. The van der Waals surface area contributed by atoms with Crippen molar-refractivity contribution in [3.8, 4) is 0 Å². The predicted molar refractivity (Wildman–Crippen MR) is 23.3 cm³/mol. The molecule has 0 aromatic heterocycles. The molecule has 0 atom stereocenters. The molecule has 0 spiro atoms. The summed E-state index contributed by atoms with van der Waals surface area (Å²) >= 11 is 0. The molecule has 1 saturated heterocycles. The topological polar surface area (TPSA) is 50.2 Å². The van der Waals surface area contributed by atoms with Gasteiger partial charge in [-0.2, -0.15) is 0 Å². The van der Waals surface area contributed by atoms with Crippen molar-refractivity contribution in [2.24, 2.45) is 0 Å². The van der Waals surface area contributed by atoms with Crippen LogP contribution in [-0.4, -0.2) is 18.3 Å². The van der Waals surface area contributed by atoms with E-state index >= 15 is 0 Å². The van der Waals surface area contributed by atoms with Gasteiger partial charge in [-0.15, -0.1) is 0 Å². The number of ketones is 1. The van der Waals surface area contributed by atoms with Crippen LogP contribution in [0.1, 0.15) is 6.42 Å². The average molecular weight is 99.1 g/mol. The van der Waals surface area contributed by atoms with Crippen LogP contribution >= 0.6 is 0 Å². The summed E-state index contributed by atoms with van der Waals surface area (Å²) in [6, 6.07) is 0. The number of rotatable bonds is 0. The van der Waals surface area contributed by atoms with E-state index in [1.54, 1.807) is 0 Å². The molecule has 1 N–H and O–H groups in total. The quantitative estimate of drug-likeness (QED) is 0.463. The highest BCUT2D eigenvalue weighted by atomic mass is 16.5.